The van der Waals surface area contributed by atoms with Crippen LogP contribution in [0.15, 0.2) is 23.1 Å². The maximum Gasteiger partial charge on any atom is 0.124 e. The van der Waals surface area contributed by atoms with Crippen molar-refractivity contribution in [3.63, 3.8) is 0 Å². The van der Waals surface area contributed by atoms with Crippen molar-refractivity contribution >= 4 is 12.6 Å². The number of benzene rings is 1. The lowest BCUT2D eigenvalue weighted by Gasteiger charge is -2.22. The van der Waals surface area contributed by atoms with Crippen molar-refractivity contribution in [2.24, 2.45) is 0 Å². The fraction of sp³-hybridized carbons (Fsp3) is 0.455. The van der Waals surface area contributed by atoms with Crippen molar-refractivity contribution in [3.05, 3.63) is 23.8 Å². The first-order valence-corrected chi connectivity index (χ1v) is 4.82. The number of thiol groups is 1. The third-order valence-corrected chi connectivity index (χ3v) is 1.87. The van der Waals surface area contributed by atoms with Gasteiger partial charge in [-0.15, -0.1) is 12.6 Å². The van der Waals surface area contributed by atoms with Gasteiger partial charge in [-0.1, -0.05) is 6.07 Å². The lowest BCUT2D eigenvalue weighted by atomic mass is 10.1. The molecular formula is C11H16OS. The summed E-state index contributed by atoms with van der Waals surface area (Å²) >= 11 is 4.27. The van der Waals surface area contributed by atoms with E-state index in [0.717, 1.165) is 16.2 Å². The van der Waals surface area contributed by atoms with E-state index >= 15 is 0 Å². The number of hydrogen-bond donors (Lipinski definition) is 1. The highest BCUT2D eigenvalue weighted by Crippen LogP contribution is 2.25. The summed E-state index contributed by atoms with van der Waals surface area (Å²) in [5.41, 5.74) is 1.000. The summed E-state index contributed by atoms with van der Waals surface area (Å²) in [5, 5.41) is 0. The second-order valence-corrected chi connectivity index (χ2v) is 4.68. The molecule has 1 aromatic rings. The van der Waals surface area contributed by atoms with Crippen LogP contribution in [-0.4, -0.2) is 5.60 Å². The first kappa shape index (κ1) is 10.5. The predicted molar refractivity (Wildman–Crippen MR) is 58.8 cm³/mol. The average Bonchev–Trinajstić information content (AvgIpc) is 1.94. The molecule has 13 heavy (non-hydrogen) atoms. The van der Waals surface area contributed by atoms with Gasteiger partial charge in [0.25, 0.3) is 0 Å². The molecule has 0 aliphatic heterocycles. The minimum absolute atomic E-state index is 0.146. The molecule has 0 bridgehead atoms. The molecule has 0 amide bonds. The first-order valence-electron chi connectivity index (χ1n) is 4.37. The summed E-state index contributed by atoms with van der Waals surface area (Å²) in [6, 6.07) is 5.93. The highest BCUT2D eigenvalue weighted by Gasteiger charge is 2.13. The fourth-order valence-electron chi connectivity index (χ4n) is 1.03. The van der Waals surface area contributed by atoms with Crippen molar-refractivity contribution in [3.8, 4) is 5.75 Å². The molecule has 0 aromatic heterocycles. The molecular weight excluding hydrogens is 180 g/mol. The van der Waals surface area contributed by atoms with E-state index in [2.05, 4.69) is 12.6 Å². The van der Waals surface area contributed by atoms with Crippen LogP contribution < -0.4 is 4.74 Å². The number of rotatable bonds is 1. The van der Waals surface area contributed by atoms with Gasteiger partial charge in [0.15, 0.2) is 0 Å². The van der Waals surface area contributed by atoms with Gasteiger partial charge < -0.3 is 4.74 Å². The van der Waals surface area contributed by atoms with Crippen LogP contribution >= 0.6 is 12.6 Å². The number of ether oxygens (including phenoxy) is 1. The highest BCUT2D eigenvalue weighted by molar-refractivity contribution is 7.80. The summed E-state index contributed by atoms with van der Waals surface area (Å²) in [7, 11) is 0. The van der Waals surface area contributed by atoms with Crippen molar-refractivity contribution in [1.29, 1.82) is 0 Å². The van der Waals surface area contributed by atoms with Gasteiger partial charge in [0.2, 0.25) is 0 Å². The molecule has 0 fully saturated rings. The number of aryl methyl sites for hydroxylation is 1. The Balaban J connectivity index is 2.94. The molecule has 1 aromatic carbocycles. The molecule has 1 rings (SSSR count). The summed E-state index contributed by atoms with van der Waals surface area (Å²) in [6.07, 6.45) is 0. The van der Waals surface area contributed by atoms with Crippen LogP contribution in [0.1, 0.15) is 26.3 Å². The van der Waals surface area contributed by atoms with Crippen LogP contribution in [0.2, 0.25) is 0 Å². The van der Waals surface area contributed by atoms with E-state index < -0.39 is 0 Å². The second-order valence-electron chi connectivity index (χ2n) is 4.16. The van der Waals surface area contributed by atoms with Crippen molar-refractivity contribution in [2.75, 3.05) is 0 Å². The van der Waals surface area contributed by atoms with Gasteiger partial charge in [-0.2, -0.15) is 0 Å². The molecule has 0 heterocycles. The minimum Gasteiger partial charge on any atom is -0.488 e. The van der Waals surface area contributed by atoms with Crippen LogP contribution in [0.5, 0.6) is 5.75 Å². The summed E-state index contributed by atoms with van der Waals surface area (Å²) < 4.78 is 5.76. The fourth-order valence-corrected chi connectivity index (χ4v) is 1.22. The Kier molecular flexibility index (Phi) is 2.91. The third kappa shape index (κ3) is 3.31. The van der Waals surface area contributed by atoms with Crippen LogP contribution in [0.3, 0.4) is 0 Å². The molecule has 0 N–H and O–H groups in total. The lowest BCUT2D eigenvalue weighted by molar-refractivity contribution is 0.129. The predicted octanol–water partition coefficient (Wildman–Crippen LogP) is 3.46. The van der Waals surface area contributed by atoms with Crippen LogP contribution in [-0.2, 0) is 0 Å². The average molecular weight is 196 g/mol. The number of hydrogen-bond acceptors (Lipinski definition) is 2. The van der Waals surface area contributed by atoms with E-state index in [1.807, 2.05) is 45.9 Å². The maximum absolute atomic E-state index is 5.76. The molecule has 0 radical (unpaired) electrons. The normalized spacial score (nSPS) is 11.5. The zero-order valence-corrected chi connectivity index (χ0v) is 9.48. The Morgan fingerprint density at radius 1 is 1.23 bits per heavy atom. The van der Waals surface area contributed by atoms with Gasteiger partial charge in [-0.05, 0) is 45.4 Å². The molecule has 0 aliphatic carbocycles. The lowest BCUT2D eigenvalue weighted by Crippen LogP contribution is -2.23. The molecule has 0 saturated carbocycles. The van der Waals surface area contributed by atoms with Crippen LogP contribution in [0, 0.1) is 6.92 Å². The Hall–Kier alpha value is -0.630. The Bertz CT molecular complexity index is 299. The zero-order chi connectivity index (χ0) is 10.1. The first-order chi connectivity index (χ1) is 5.88. The van der Waals surface area contributed by atoms with Crippen LogP contribution in [0.25, 0.3) is 0 Å². The smallest absolute Gasteiger partial charge is 0.124 e. The monoisotopic (exact) mass is 196 g/mol. The summed E-state index contributed by atoms with van der Waals surface area (Å²) in [6.45, 7) is 8.15. The third-order valence-electron chi connectivity index (χ3n) is 1.59. The van der Waals surface area contributed by atoms with Crippen LogP contribution in [0.4, 0.5) is 0 Å². The van der Waals surface area contributed by atoms with E-state index in [-0.39, 0.29) is 5.60 Å². The molecule has 0 spiro atoms. The standard InChI is InChI=1S/C11H16OS/c1-8-5-6-9(13)7-10(8)12-11(2,3)4/h5-7,13H,1-4H3. The van der Waals surface area contributed by atoms with Gasteiger partial charge in [-0.25, -0.2) is 0 Å². The van der Waals surface area contributed by atoms with Gasteiger partial charge in [0.05, 0.1) is 0 Å². The Morgan fingerprint density at radius 2 is 1.85 bits per heavy atom. The minimum atomic E-state index is -0.146. The van der Waals surface area contributed by atoms with E-state index in [1.165, 1.54) is 0 Å². The molecule has 2 heteroatoms. The Morgan fingerprint density at radius 3 is 2.38 bits per heavy atom. The van der Waals surface area contributed by atoms with E-state index in [4.69, 9.17) is 4.74 Å². The molecule has 0 aliphatic rings. The van der Waals surface area contributed by atoms with E-state index in [0.29, 0.717) is 0 Å². The van der Waals surface area contributed by atoms with E-state index in [1.54, 1.807) is 0 Å². The van der Waals surface area contributed by atoms with Crippen molar-refractivity contribution in [1.82, 2.24) is 0 Å². The summed E-state index contributed by atoms with van der Waals surface area (Å²) in [5.74, 6) is 0.917. The van der Waals surface area contributed by atoms with Crippen molar-refractivity contribution < 1.29 is 4.74 Å². The SMILES string of the molecule is Cc1ccc(S)cc1OC(C)(C)C. The molecule has 1 nitrogen and oxygen atoms in total. The molecule has 72 valence electrons. The second kappa shape index (κ2) is 3.62. The quantitative estimate of drug-likeness (QED) is 0.677. The zero-order valence-electron chi connectivity index (χ0n) is 8.59. The van der Waals surface area contributed by atoms with Gasteiger partial charge in [0.1, 0.15) is 11.4 Å². The van der Waals surface area contributed by atoms with Gasteiger partial charge in [0, 0.05) is 4.90 Å². The molecule has 0 atom stereocenters. The largest absolute Gasteiger partial charge is 0.488 e. The topological polar surface area (TPSA) is 9.23 Å². The van der Waals surface area contributed by atoms with Crippen molar-refractivity contribution in [2.45, 2.75) is 38.2 Å². The highest BCUT2D eigenvalue weighted by atomic mass is 32.1. The maximum atomic E-state index is 5.76. The molecule has 0 saturated heterocycles. The summed E-state index contributed by atoms with van der Waals surface area (Å²) in [4.78, 5) is 0.935. The Labute approximate surface area is 85.5 Å². The van der Waals surface area contributed by atoms with Gasteiger partial charge in [-0.3, -0.25) is 0 Å². The van der Waals surface area contributed by atoms with E-state index in [9.17, 15) is 0 Å². The van der Waals surface area contributed by atoms with Gasteiger partial charge >= 0.3 is 0 Å². The molecule has 0 unspecified atom stereocenters.